The Kier molecular flexibility index (Phi) is 5.10. The third-order valence-corrected chi connectivity index (χ3v) is 7.96. The van der Waals surface area contributed by atoms with Crippen molar-refractivity contribution in [2.24, 2.45) is 5.41 Å². The minimum Gasteiger partial charge on any atom is -0.508 e. The maximum absolute atomic E-state index is 10.9. The maximum atomic E-state index is 10.9. The van der Waals surface area contributed by atoms with Gasteiger partial charge < -0.3 is 15.1 Å². The number of rotatable bonds is 5. The Morgan fingerprint density at radius 3 is 2.35 bits per heavy atom. The van der Waals surface area contributed by atoms with Gasteiger partial charge in [-0.2, -0.15) is 0 Å². The molecule has 0 radical (unpaired) electrons. The van der Waals surface area contributed by atoms with Gasteiger partial charge in [0.15, 0.2) is 0 Å². The van der Waals surface area contributed by atoms with E-state index in [9.17, 15) is 9.90 Å². The van der Waals surface area contributed by atoms with E-state index in [4.69, 9.17) is 5.11 Å². The predicted octanol–water partition coefficient (Wildman–Crippen LogP) is 4.46. The molecular formula is C29H30N2O3. The Bertz CT molecular complexity index is 1190. The van der Waals surface area contributed by atoms with Crippen molar-refractivity contribution in [3.05, 3.63) is 95.1 Å². The van der Waals surface area contributed by atoms with Crippen LogP contribution in [0, 0.1) is 5.41 Å². The zero-order valence-corrected chi connectivity index (χ0v) is 19.2. The predicted molar refractivity (Wildman–Crippen MR) is 133 cm³/mol. The third kappa shape index (κ3) is 3.74. The van der Waals surface area contributed by atoms with E-state index in [1.165, 1.54) is 27.9 Å². The van der Waals surface area contributed by atoms with E-state index in [0.29, 0.717) is 11.7 Å². The van der Waals surface area contributed by atoms with Gasteiger partial charge in [-0.05, 0) is 65.3 Å². The van der Waals surface area contributed by atoms with Crippen molar-refractivity contribution in [1.82, 2.24) is 4.90 Å². The number of aromatic hydroxyl groups is 1. The second-order valence-electron chi connectivity index (χ2n) is 10.4. The van der Waals surface area contributed by atoms with E-state index < -0.39 is 5.97 Å². The molecule has 0 bridgehead atoms. The normalized spacial score (nSPS) is 23.1. The summed E-state index contributed by atoms with van der Waals surface area (Å²) in [5.74, 6) is 0.275. The Morgan fingerprint density at radius 1 is 0.912 bits per heavy atom. The molecule has 1 aliphatic carbocycles. The second-order valence-corrected chi connectivity index (χ2v) is 10.4. The molecule has 5 heteroatoms. The topological polar surface area (TPSA) is 64.0 Å². The van der Waals surface area contributed by atoms with Gasteiger partial charge in [0, 0.05) is 43.2 Å². The lowest BCUT2D eigenvalue weighted by Crippen LogP contribution is -2.72. The fraction of sp³-hybridized carbons (Fsp3) is 0.345. The van der Waals surface area contributed by atoms with Crippen molar-refractivity contribution in [2.75, 3.05) is 37.6 Å². The van der Waals surface area contributed by atoms with Crippen molar-refractivity contribution in [3.8, 4) is 5.75 Å². The summed E-state index contributed by atoms with van der Waals surface area (Å²) in [4.78, 5) is 15.3. The van der Waals surface area contributed by atoms with Crippen LogP contribution in [-0.2, 0) is 11.2 Å². The smallest absolute Gasteiger partial charge is 0.317 e. The Labute approximate surface area is 200 Å². The molecule has 174 valence electrons. The quantitative estimate of drug-likeness (QED) is 0.596. The van der Waals surface area contributed by atoms with Crippen molar-refractivity contribution in [3.63, 3.8) is 0 Å². The number of phenols is 1. The highest BCUT2D eigenvalue weighted by molar-refractivity contribution is 5.69. The highest BCUT2D eigenvalue weighted by Crippen LogP contribution is 2.48. The lowest BCUT2D eigenvalue weighted by molar-refractivity contribution is -0.142. The molecule has 5 nitrogen and oxygen atoms in total. The van der Waals surface area contributed by atoms with Crippen molar-refractivity contribution < 1.29 is 15.0 Å². The van der Waals surface area contributed by atoms with Crippen LogP contribution in [0.25, 0.3) is 0 Å². The molecule has 0 unspecified atom stereocenters. The summed E-state index contributed by atoms with van der Waals surface area (Å²) < 4.78 is 0. The molecule has 0 aromatic heterocycles. The molecule has 6 rings (SSSR count). The number of likely N-dealkylation sites (tertiary alicyclic amines) is 1. The summed E-state index contributed by atoms with van der Waals surface area (Å²) in [5.41, 5.74) is 6.77. The van der Waals surface area contributed by atoms with E-state index in [1.807, 2.05) is 17.0 Å². The number of aliphatic carboxylic acids is 1. The first kappa shape index (κ1) is 21.2. The van der Waals surface area contributed by atoms with Crippen LogP contribution in [0.1, 0.15) is 40.5 Å². The van der Waals surface area contributed by atoms with Crippen LogP contribution in [0.3, 0.4) is 0 Å². The Hall–Kier alpha value is -3.31. The number of phenolic OH excluding ortho intramolecular Hbond substituents is 1. The molecule has 2 atom stereocenters. The standard InChI is InChI=1S/C29H30N2O3/c32-24-11-13-26-22(14-24)8-12-25(20-4-2-1-3-5-20)28(26)21-6-9-23(10-7-21)31-18-29(19-31)16-30(17-29)15-27(33)34/h1-7,9-11,13-14,25,28,32H,8,12,15-19H2,(H,33,34)/t25-,28+/m1/s1. The van der Waals surface area contributed by atoms with Gasteiger partial charge in [0.2, 0.25) is 0 Å². The molecule has 0 amide bonds. The van der Waals surface area contributed by atoms with Gasteiger partial charge in [0.1, 0.15) is 5.75 Å². The monoisotopic (exact) mass is 454 g/mol. The van der Waals surface area contributed by atoms with Gasteiger partial charge in [-0.1, -0.05) is 48.5 Å². The number of hydrogen-bond acceptors (Lipinski definition) is 4. The SMILES string of the molecule is O=C(O)CN1CC2(C1)CN(c1ccc([C@@H]3c4ccc(O)cc4CC[C@@H]3c3ccccc3)cc1)C2. The molecule has 34 heavy (non-hydrogen) atoms. The third-order valence-electron chi connectivity index (χ3n) is 7.96. The average molecular weight is 455 g/mol. The maximum Gasteiger partial charge on any atom is 0.317 e. The first-order chi connectivity index (χ1) is 16.5. The molecule has 2 N–H and O–H groups in total. The molecule has 1 spiro atoms. The summed E-state index contributed by atoms with van der Waals surface area (Å²) in [6.45, 7) is 3.93. The average Bonchev–Trinajstić information content (AvgIpc) is 2.79. The fourth-order valence-electron chi connectivity index (χ4n) is 6.52. The van der Waals surface area contributed by atoms with Crippen molar-refractivity contribution >= 4 is 11.7 Å². The molecule has 2 heterocycles. The van der Waals surface area contributed by atoms with Gasteiger partial charge in [-0.15, -0.1) is 0 Å². The van der Waals surface area contributed by atoms with Crippen LogP contribution in [0.5, 0.6) is 5.75 Å². The summed E-state index contributed by atoms with van der Waals surface area (Å²) >= 11 is 0. The van der Waals surface area contributed by atoms with Gasteiger partial charge in [0.05, 0.1) is 6.54 Å². The van der Waals surface area contributed by atoms with Gasteiger partial charge in [0.25, 0.3) is 0 Å². The van der Waals surface area contributed by atoms with Gasteiger partial charge in [-0.25, -0.2) is 0 Å². The van der Waals surface area contributed by atoms with Crippen LogP contribution in [0.15, 0.2) is 72.8 Å². The number of anilines is 1. The number of carboxylic acids is 1. The van der Waals surface area contributed by atoms with Crippen LogP contribution in [-0.4, -0.2) is 53.8 Å². The summed E-state index contributed by atoms with van der Waals surface area (Å²) in [5, 5.41) is 19.0. The van der Waals surface area contributed by atoms with Crippen molar-refractivity contribution in [2.45, 2.75) is 24.7 Å². The first-order valence-corrected chi connectivity index (χ1v) is 12.2. The Balaban J connectivity index is 1.23. The number of carbonyl (C=O) groups is 1. The molecule has 2 fully saturated rings. The molecule has 2 saturated heterocycles. The molecule has 0 saturated carbocycles. The van der Waals surface area contributed by atoms with Crippen LogP contribution in [0.4, 0.5) is 5.69 Å². The first-order valence-electron chi connectivity index (χ1n) is 12.2. The minimum atomic E-state index is -0.741. The van der Waals surface area contributed by atoms with Crippen LogP contribution in [0.2, 0.25) is 0 Å². The number of nitrogens with zero attached hydrogens (tertiary/aromatic N) is 2. The number of carboxylic acid groups (broad SMARTS) is 1. The zero-order valence-electron chi connectivity index (χ0n) is 19.2. The highest BCUT2D eigenvalue weighted by atomic mass is 16.4. The molecule has 2 aliphatic heterocycles. The molecule has 3 aromatic carbocycles. The van der Waals surface area contributed by atoms with Crippen LogP contribution >= 0.6 is 0 Å². The largest absolute Gasteiger partial charge is 0.508 e. The molecular weight excluding hydrogens is 424 g/mol. The zero-order chi connectivity index (χ0) is 23.3. The molecule has 3 aliphatic rings. The summed E-state index contributed by atoms with van der Waals surface area (Å²) in [6, 6.07) is 25.7. The lowest BCUT2D eigenvalue weighted by Gasteiger charge is -2.60. The Morgan fingerprint density at radius 2 is 1.65 bits per heavy atom. The second kappa shape index (κ2) is 8.17. The van der Waals surface area contributed by atoms with E-state index in [-0.39, 0.29) is 17.9 Å². The lowest BCUT2D eigenvalue weighted by atomic mass is 9.69. The van der Waals surface area contributed by atoms with Gasteiger partial charge in [-0.3, -0.25) is 9.69 Å². The van der Waals surface area contributed by atoms with Gasteiger partial charge >= 0.3 is 5.97 Å². The van der Waals surface area contributed by atoms with Crippen molar-refractivity contribution in [1.29, 1.82) is 0 Å². The highest BCUT2D eigenvalue weighted by Gasteiger charge is 2.51. The summed E-state index contributed by atoms with van der Waals surface area (Å²) in [6.07, 6.45) is 2.04. The summed E-state index contributed by atoms with van der Waals surface area (Å²) in [7, 11) is 0. The van der Waals surface area contributed by atoms with E-state index in [1.54, 1.807) is 0 Å². The fourth-order valence-corrected chi connectivity index (χ4v) is 6.52. The van der Waals surface area contributed by atoms with E-state index in [2.05, 4.69) is 65.6 Å². The minimum absolute atomic E-state index is 0.152. The van der Waals surface area contributed by atoms with Crippen LogP contribution < -0.4 is 4.90 Å². The number of benzene rings is 3. The molecule has 3 aromatic rings. The number of hydrogen-bond donors (Lipinski definition) is 2. The van der Waals surface area contributed by atoms with E-state index in [0.717, 1.165) is 39.0 Å². The number of fused-ring (bicyclic) bond motifs is 1. The number of aryl methyl sites for hydroxylation is 1. The van der Waals surface area contributed by atoms with E-state index >= 15 is 0 Å².